The van der Waals surface area contributed by atoms with E-state index in [1.54, 1.807) is 6.07 Å². The van der Waals surface area contributed by atoms with Crippen LogP contribution in [-0.4, -0.2) is 18.4 Å². The van der Waals surface area contributed by atoms with Crippen molar-refractivity contribution in [2.75, 3.05) is 11.9 Å². The SMILES string of the molecule is CCOc1ccc2oc(C(=O)Nc3sc4c(c3C(N)=O)CC[C@H](C)C4)c(C)c2c1. The van der Waals surface area contributed by atoms with Gasteiger partial charge in [-0.15, -0.1) is 11.3 Å². The monoisotopic (exact) mass is 412 g/mol. The molecule has 2 amide bonds. The maximum Gasteiger partial charge on any atom is 0.292 e. The van der Waals surface area contributed by atoms with E-state index in [-0.39, 0.29) is 11.7 Å². The maximum atomic E-state index is 13.0. The number of nitrogens with two attached hydrogens (primary N) is 1. The topological polar surface area (TPSA) is 94.6 Å². The average molecular weight is 413 g/mol. The summed E-state index contributed by atoms with van der Waals surface area (Å²) in [6.07, 6.45) is 2.73. The van der Waals surface area contributed by atoms with Gasteiger partial charge < -0.3 is 20.2 Å². The van der Waals surface area contributed by atoms with Crippen LogP contribution in [0.3, 0.4) is 0 Å². The summed E-state index contributed by atoms with van der Waals surface area (Å²) in [7, 11) is 0. The number of carbonyl (C=O) groups excluding carboxylic acids is 2. The van der Waals surface area contributed by atoms with Gasteiger partial charge in [0.05, 0.1) is 12.2 Å². The van der Waals surface area contributed by atoms with Gasteiger partial charge in [0.25, 0.3) is 11.8 Å². The Balaban J connectivity index is 1.68. The quantitative estimate of drug-likeness (QED) is 0.636. The Morgan fingerprint density at radius 3 is 2.90 bits per heavy atom. The summed E-state index contributed by atoms with van der Waals surface area (Å²) in [5, 5.41) is 4.22. The van der Waals surface area contributed by atoms with Crippen molar-refractivity contribution in [3.05, 3.63) is 45.5 Å². The first-order valence-corrected chi connectivity index (χ1v) is 10.6. The highest BCUT2D eigenvalue weighted by Crippen LogP contribution is 2.40. The zero-order valence-electron chi connectivity index (χ0n) is 16.8. The Morgan fingerprint density at radius 2 is 2.17 bits per heavy atom. The van der Waals surface area contributed by atoms with Crippen molar-refractivity contribution in [3.8, 4) is 5.75 Å². The smallest absolute Gasteiger partial charge is 0.292 e. The Morgan fingerprint density at radius 1 is 1.38 bits per heavy atom. The second kappa shape index (κ2) is 7.55. The fraction of sp³-hybridized carbons (Fsp3) is 0.364. The molecular weight excluding hydrogens is 388 g/mol. The highest BCUT2D eigenvalue weighted by atomic mass is 32.1. The first-order chi connectivity index (χ1) is 13.9. The van der Waals surface area contributed by atoms with Gasteiger partial charge in [-0.1, -0.05) is 6.92 Å². The van der Waals surface area contributed by atoms with E-state index < -0.39 is 5.91 Å². The molecule has 3 aromatic rings. The number of furan rings is 1. The Hall–Kier alpha value is -2.80. The predicted molar refractivity (Wildman–Crippen MR) is 114 cm³/mol. The normalized spacial score (nSPS) is 15.9. The van der Waals surface area contributed by atoms with Gasteiger partial charge in [0.2, 0.25) is 0 Å². The standard InChI is InChI=1S/C22H24N2O4S/c1-4-27-13-6-8-16-15(10-13)12(3)19(28-16)21(26)24-22-18(20(23)25)14-7-5-11(2)9-17(14)29-22/h6,8,10-11H,4-5,7,9H2,1-3H3,(H2,23,25)(H,24,26)/t11-/m0/s1. The van der Waals surface area contributed by atoms with Crippen LogP contribution in [0.2, 0.25) is 0 Å². The van der Waals surface area contributed by atoms with Gasteiger partial charge in [-0.2, -0.15) is 0 Å². The maximum absolute atomic E-state index is 13.0. The van der Waals surface area contributed by atoms with Crippen molar-refractivity contribution in [1.82, 2.24) is 0 Å². The van der Waals surface area contributed by atoms with E-state index in [2.05, 4.69) is 12.2 Å². The molecule has 29 heavy (non-hydrogen) atoms. The fourth-order valence-corrected chi connectivity index (χ4v) is 5.34. The molecule has 0 saturated heterocycles. The van der Waals surface area contributed by atoms with Gasteiger partial charge in [-0.05, 0) is 62.8 Å². The van der Waals surface area contributed by atoms with Crippen LogP contribution in [0, 0.1) is 12.8 Å². The molecule has 0 spiro atoms. The second-order valence-electron chi connectivity index (χ2n) is 7.52. The number of rotatable bonds is 5. The van der Waals surface area contributed by atoms with Gasteiger partial charge >= 0.3 is 0 Å². The molecule has 2 aromatic heterocycles. The number of hydrogen-bond donors (Lipinski definition) is 2. The van der Waals surface area contributed by atoms with Crippen LogP contribution >= 0.6 is 11.3 Å². The molecule has 1 aromatic carbocycles. The molecule has 0 bridgehead atoms. The molecule has 6 nitrogen and oxygen atoms in total. The highest BCUT2D eigenvalue weighted by molar-refractivity contribution is 7.17. The first-order valence-electron chi connectivity index (χ1n) is 9.80. The number of carbonyl (C=O) groups is 2. The molecular formula is C22H24N2O4S. The summed E-state index contributed by atoms with van der Waals surface area (Å²) >= 11 is 1.44. The van der Waals surface area contributed by atoms with Crippen molar-refractivity contribution < 1.29 is 18.7 Å². The van der Waals surface area contributed by atoms with Gasteiger partial charge in [-0.25, -0.2) is 0 Å². The molecule has 0 fully saturated rings. The Kier molecular flexibility index (Phi) is 5.08. The molecule has 1 aliphatic carbocycles. The summed E-state index contributed by atoms with van der Waals surface area (Å²) in [6.45, 7) is 6.52. The zero-order chi connectivity index (χ0) is 20.7. The van der Waals surface area contributed by atoms with E-state index in [9.17, 15) is 9.59 Å². The lowest BCUT2D eigenvalue weighted by atomic mass is 9.88. The van der Waals surface area contributed by atoms with E-state index >= 15 is 0 Å². The lowest BCUT2D eigenvalue weighted by Crippen LogP contribution is -2.19. The number of fused-ring (bicyclic) bond motifs is 2. The lowest BCUT2D eigenvalue weighted by Gasteiger charge is -2.18. The second-order valence-corrected chi connectivity index (χ2v) is 8.63. The molecule has 0 unspecified atom stereocenters. The van der Waals surface area contributed by atoms with Crippen LogP contribution in [0.4, 0.5) is 5.00 Å². The van der Waals surface area contributed by atoms with E-state index in [0.717, 1.165) is 46.4 Å². The molecule has 0 aliphatic heterocycles. The zero-order valence-corrected chi connectivity index (χ0v) is 17.6. The molecule has 0 radical (unpaired) electrons. The van der Waals surface area contributed by atoms with Gasteiger partial charge in [0.1, 0.15) is 16.3 Å². The van der Waals surface area contributed by atoms with Crippen molar-refractivity contribution in [2.24, 2.45) is 11.7 Å². The van der Waals surface area contributed by atoms with Gasteiger partial charge in [0, 0.05) is 15.8 Å². The summed E-state index contributed by atoms with van der Waals surface area (Å²) in [5.74, 6) is 0.624. The number of thiophene rings is 1. The summed E-state index contributed by atoms with van der Waals surface area (Å²) in [6, 6.07) is 5.48. The molecule has 1 atom stereocenters. The van der Waals surface area contributed by atoms with Crippen molar-refractivity contribution in [1.29, 1.82) is 0 Å². The minimum Gasteiger partial charge on any atom is -0.494 e. The van der Waals surface area contributed by atoms with E-state index in [1.165, 1.54) is 11.3 Å². The van der Waals surface area contributed by atoms with Gasteiger partial charge in [0.15, 0.2) is 5.76 Å². The van der Waals surface area contributed by atoms with E-state index in [4.69, 9.17) is 14.9 Å². The summed E-state index contributed by atoms with van der Waals surface area (Å²) < 4.78 is 11.3. The number of aryl methyl sites for hydroxylation is 1. The Bertz CT molecular complexity index is 1110. The number of ether oxygens (including phenoxy) is 1. The summed E-state index contributed by atoms with van der Waals surface area (Å²) in [4.78, 5) is 26.2. The number of anilines is 1. The lowest BCUT2D eigenvalue weighted by molar-refractivity contribution is 0.0998. The first kappa shape index (κ1) is 19.5. The van der Waals surface area contributed by atoms with E-state index in [1.807, 2.05) is 26.0 Å². The van der Waals surface area contributed by atoms with Crippen molar-refractivity contribution in [2.45, 2.75) is 40.0 Å². The summed E-state index contributed by atoms with van der Waals surface area (Å²) in [5.41, 5.74) is 8.42. The molecule has 7 heteroatoms. The van der Waals surface area contributed by atoms with Crippen LogP contribution < -0.4 is 15.8 Å². The molecule has 2 heterocycles. The largest absolute Gasteiger partial charge is 0.494 e. The molecule has 152 valence electrons. The number of amides is 2. The van der Waals surface area contributed by atoms with Crippen molar-refractivity contribution >= 4 is 39.1 Å². The van der Waals surface area contributed by atoms with Crippen molar-refractivity contribution in [3.63, 3.8) is 0 Å². The third-order valence-corrected chi connectivity index (χ3v) is 6.58. The average Bonchev–Trinajstić information content (AvgIpc) is 3.19. The molecule has 1 aliphatic rings. The molecule has 0 saturated carbocycles. The Labute approximate surface area is 173 Å². The fourth-order valence-electron chi connectivity index (χ4n) is 3.93. The van der Waals surface area contributed by atoms with E-state index in [0.29, 0.717) is 28.7 Å². The third-order valence-electron chi connectivity index (χ3n) is 5.41. The number of hydrogen-bond acceptors (Lipinski definition) is 5. The van der Waals surface area contributed by atoms with Crippen LogP contribution in [0.5, 0.6) is 5.75 Å². The third kappa shape index (κ3) is 3.51. The number of benzene rings is 1. The number of nitrogens with one attached hydrogen (secondary N) is 1. The van der Waals surface area contributed by atoms with Crippen LogP contribution in [0.15, 0.2) is 22.6 Å². The van der Waals surface area contributed by atoms with Crippen LogP contribution in [0.25, 0.3) is 11.0 Å². The minimum absolute atomic E-state index is 0.226. The van der Waals surface area contributed by atoms with Crippen LogP contribution in [0.1, 0.15) is 57.2 Å². The van der Waals surface area contributed by atoms with Crippen LogP contribution in [-0.2, 0) is 12.8 Å². The highest BCUT2D eigenvalue weighted by Gasteiger charge is 2.28. The van der Waals surface area contributed by atoms with Gasteiger partial charge in [-0.3, -0.25) is 9.59 Å². The predicted octanol–water partition coefficient (Wildman–Crippen LogP) is 4.68. The minimum atomic E-state index is -0.505. The molecule has 3 N–H and O–H groups in total. The number of primary amides is 1. The molecule has 4 rings (SSSR count).